The molecule has 2 heterocycles. The first kappa shape index (κ1) is 25.8. The van der Waals surface area contributed by atoms with E-state index >= 15 is 0 Å². The molecule has 0 saturated heterocycles. The van der Waals surface area contributed by atoms with Gasteiger partial charge in [0.15, 0.2) is 0 Å². The number of hydrogen-bond donors (Lipinski definition) is 1. The van der Waals surface area contributed by atoms with Crippen molar-refractivity contribution in [3.63, 3.8) is 0 Å². The molecule has 0 bridgehead atoms. The van der Waals surface area contributed by atoms with Crippen LogP contribution in [0.1, 0.15) is 47.1 Å². The Labute approximate surface area is 221 Å². The molecule has 4 aromatic rings. The number of aliphatic carboxylic acids is 1. The number of halogens is 3. The summed E-state index contributed by atoms with van der Waals surface area (Å²) < 4.78 is 44.6. The number of benzene rings is 2. The summed E-state index contributed by atoms with van der Waals surface area (Å²) >= 11 is 0. The van der Waals surface area contributed by atoms with Gasteiger partial charge in [-0.25, -0.2) is 9.78 Å². The van der Waals surface area contributed by atoms with Crippen LogP contribution < -0.4 is 4.74 Å². The summed E-state index contributed by atoms with van der Waals surface area (Å²) in [7, 11) is 0. The van der Waals surface area contributed by atoms with Crippen LogP contribution in [0.2, 0.25) is 0 Å². The zero-order valence-electron chi connectivity index (χ0n) is 20.5. The summed E-state index contributed by atoms with van der Waals surface area (Å²) in [5.74, 6) is -1.42. The maximum atomic E-state index is 12.9. The zero-order chi connectivity index (χ0) is 27.6. The third-order valence-electron chi connectivity index (χ3n) is 6.71. The second-order valence-corrected chi connectivity index (χ2v) is 9.19. The predicted octanol–water partition coefficient (Wildman–Crippen LogP) is 6.96. The van der Waals surface area contributed by atoms with E-state index in [-0.39, 0.29) is 11.5 Å². The number of imidazole rings is 1. The molecule has 0 unspecified atom stereocenters. The summed E-state index contributed by atoms with van der Waals surface area (Å²) in [6.07, 6.45) is 5.86. The van der Waals surface area contributed by atoms with Crippen molar-refractivity contribution >= 4 is 28.8 Å². The Kier molecular flexibility index (Phi) is 6.94. The number of alkyl halides is 3. The number of pyridine rings is 1. The molecular weight excluding hydrogens is 507 g/mol. The Hall–Kier alpha value is -4.84. The second kappa shape index (κ2) is 10.5. The van der Waals surface area contributed by atoms with Gasteiger partial charge in [-0.05, 0) is 88.6 Å². The minimum absolute atomic E-state index is 0.0841. The summed E-state index contributed by atoms with van der Waals surface area (Å²) in [6.45, 7) is 0. The van der Waals surface area contributed by atoms with E-state index in [4.69, 9.17) is 5.11 Å². The molecule has 1 fully saturated rings. The van der Waals surface area contributed by atoms with Crippen molar-refractivity contribution in [1.29, 1.82) is 5.26 Å². The SMILES string of the molecule is N#Cc1cc(OC(F)(F)F)ccc1C(=C(c1ccc(C=CC(=O)O)cc1)c1ccc2nccn2c1)C1CCC1. The molecule has 1 aliphatic rings. The normalized spacial score (nSPS) is 14.6. The van der Waals surface area contributed by atoms with E-state index in [2.05, 4.69) is 15.8 Å². The first-order valence-electron chi connectivity index (χ1n) is 12.2. The van der Waals surface area contributed by atoms with Crippen LogP contribution in [0.5, 0.6) is 5.75 Å². The zero-order valence-corrected chi connectivity index (χ0v) is 20.5. The topological polar surface area (TPSA) is 87.6 Å². The highest BCUT2D eigenvalue weighted by Crippen LogP contribution is 2.46. The Bertz CT molecular complexity index is 1640. The molecule has 2 aromatic heterocycles. The molecule has 1 saturated carbocycles. The predicted molar refractivity (Wildman–Crippen MR) is 139 cm³/mol. The molecule has 5 rings (SSSR count). The van der Waals surface area contributed by atoms with Gasteiger partial charge >= 0.3 is 12.3 Å². The number of rotatable bonds is 7. The molecule has 1 N–H and O–H groups in total. The second-order valence-electron chi connectivity index (χ2n) is 9.19. The fourth-order valence-corrected chi connectivity index (χ4v) is 4.78. The van der Waals surface area contributed by atoms with Gasteiger partial charge < -0.3 is 14.2 Å². The molecule has 0 spiro atoms. The highest BCUT2D eigenvalue weighted by molar-refractivity contribution is 6.00. The van der Waals surface area contributed by atoms with E-state index < -0.39 is 18.1 Å². The lowest BCUT2D eigenvalue weighted by molar-refractivity contribution is -0.274. The summed E-state index contributed by atoms with van der Waals surface area (Å²) in [6, 6.07) is 17.1. The van der Waals surface area contributed by atoms with Crippen molar-refractivity contribution in [2.45, 2.75) is 25.6 Å². The number of aromatic nitrogens is 2. The van der Waals surface area contributed by atoms with Gasteiger partial charge in [0.05, 0.1) is 11.6 Å². The maximum Gasteiger partial charge on any atom is 0.573 e. The quantitative estimate of drug-likeness (QED) is 0.207. The number of carbonyl (C=O) groups is 1. The Morgan fingerprint density at radius 3 is 2.49 bits per heavy atom. The first-order valence-corrected chi connectivity index (χ1v) is 12.2. The van der Waals surface area contributed by atoms with Gasteiger partial charge in [0.1, 0.15) is 11.4 Å². The first-order chi connectivity index (χ1) is 18.7. The summed E-state index contributed by atoms with van der Waals surface area (Å²) in [4.78, 5) is 15.3. The minimum atomic E-state index is -4.87. The van der Waals surface area contributed by atoms with Gasteiger partial charge in [-0.2, -0.15) is 5.26 Å². The van der Waals surface area contributed by atoms with Gasteiger partial charge in [-0.1, -0.05) is 30.7 Å². The molecule has 6 nitrogen and oxygen atoms in total. The van der Waals surface area contributed by atoms with E-state index in [1.54, 1.807) is 18.3 Å². The van der Waals surface area contributed by atoms with Gasteiger partial charge in [0, 0.05) is 24.7 Å². The number of nitrogens with zero attached hydrogens (tertiary/aromatic N) is 3. The van der Waals surface area contributed by atoms with E-state index in [0.717, 1.165) is 59.3 Å². The van der Waals surface area contributed by atoms with Crippen LogP contribution in [-0.4, -0.2) is 26.8 Å². The van der Waals surface area contributed by atoms with Crippen LogP contribution >= 0.6 is 0 Å². The number of ether oxygens (including phenoxy) is 1. The number of carboxylic acids is 1. The van der Waals surface area contributed by atoms with Gasteiger partial charge in [-0.15, -0.1) is 13.2 Å². The van der Waals surface area contributed by atoms with Crippen molar-refractivity contribution in [3.05, 3.63) is 107 Å². The van der Waals surface area contributed by atoms with E-state index in [1.165, 1.54) is 18.2 Å². The van der Waals surface area contributed by atoms with Crippen molar-refractivity contribution < 1.29 is 27.8 Å². The van der Waals surface area contributed by atoms with E-state index in [9.17, 15) is 23.2 Å². The molecule has 1 aliphatic carbocycles. The van der Waals surface area contributed by atoms with Crippen molar-refractivity contribution in [2.75, 3.05) is 0 Å². The van der Waals surface area contributed by atoms with Crippen LogP contribution in [0.3, 0.4) is 0 Å². The van der Waals surface area contributed by atoms with Gasteiger partial charge in [0.2, 0.25) is 0 Å². The van der Waals surface area contributed by atoms with Crippen molar-refractivity contribution in [1.82, 2.24) is 9.38 Å². The number of carboxylic acid groups (broad SMARTS) is 1. The third-order valence-corrected chi connectivity index (χ3v) is 6.71. The molecule has 2 aromatic carbocycles. The van der Waals surface area contributed by atoms with E-state index in [0.29, 0.717) is 11.1 Å². The highest BCUT2D eigenvalue weighted by atomic mass is 19.4. The van der Waals surface area contributed by atoms with E-state index in [1.807, 2.05) is 41.1 Å². The number of allylic oxidation sites excluding steroid dienone is 1. The Morgan fingerprint density at radius 2 is 1.85 bits per heavy atom. The lowest BCUT2D eigenvalue weighted by Gasteiger charge is -2.32. The number of fused-ring (bicyclic) bond motifs is 1. The Morgan fingerprint density at radius 1 is 1.10 bits per heavy atom. The molecule has 0 amide bonds. The van der Waals surface area contributed by atoms with Crippen LogP contribution in [0, 0.1) is 17.2 Å². The van der Waals surface area contributed by atoms with Crippen molar-refractivity contribution in [2.24, 2.45) is 5.92 Å². The molecule has 0 aliphatic heterocycles. The molecule has 0 radical (unpaired) electrons. The molecule has 196 valence electrons. The van der Waals surface area contributed by atoms with Crippen molar-refractivity contribution in [3.8, 4) is 11.8 Å². The number of nitriles is 1. The fourth-order valence-electron chi connectivity index (χ4n) is 4.78. The molecule has 9 heteroatoms. The third kappa shape index (κ3) is 5.70. The average Bonchev–Trinajstić information content (AvgIpc) is 3.34. The highest BCUT2D eigenvalue weighted by Gasteiger charge is 2.33. The average molecular weight is 530 g/mol. The lowest BCUT2D eigenvalue weighted by atomic mass is 9.72. The molecule has 39 heavy (non-hydrogen) atoms. The van der Waals surface area contributed by atoms with Crippen LogP contribution in [0.25, 0.3) is 22.9 Å². The van der Waals surface area contributed by atoms with Crippen LogP contribution in [-0.2, 0) is 4.79 Å². The lowest BCUT2D eigenvalue weighted by Crippen LogP contribution is -2.18. The van der Waals surface area contributed by atoms with Crippen LogP contribution in [0.15, 0.2) is 79.3 Å². The van der Waals surface area contributed by atoms with Gasteiger partial charge in [0.25, 0.3) is 0 Å². The monoisotopic (exact) mass is 529 g/mol. The minimum Gasteiger partial charge on any atom is -0.478 e. The van der Waals surface area contributed by atoms with Gasteiger partial charge in [-0.3, -0.25) is 0 Å². The maximum absolute atomic E-state index is 12.9. The number of hydrogen-bond acceptors (Lipinski definition) is 4. The standard InChI is InChI=1S/C30H22F3N3O3/c31-30(32,33)39-24-10-11-25(23(16-24)17-34)29(20-2-1-3-20)28(22-9-12-26-35-14-15-36(26)18-22)21-7-4-19(5-8-21)6-13-27(37)38/h4-16,18,20H,1-3H2,(H,37,38). The fraction of sp³-hybridized carbons (Fsp3) is 0.167. The largest absolute Gasteiger partial charge is 0.573 e. The molecular formula is C30H22F3N3O3. The summed E-state index contributed by atoms with van der Waals surface area (Å²) in [5, 5.41) is 18.9. The Balaban J connectivity index is 1.74. The molecule has 0 atom stereocenters. The summed E-state index contributed by atoms with van der Waals surface area (Å²) in [5.41, 5.74) is 5.45. The van der Waals surface area contributed by atoms with Crippen LogP contribution in [0.4, 0.5) is 13.2 Å². The smallest absolute Gasteiger partial charge is 0.478 e.